The van der Waals surface area contributed by atoms with Crippen LogP contribution >= 0.6 is 23.5 Å². The maximum absolute atomic E-state index is 12.3. The van der Waals surface area contributed by atoms with E-state index in [1.165, 1.54) is 0 Å². The Labute approximate surface area is 149 Å². The van der Waals surface area contributed by atoms with Crippen molar-refractivity contribution in [3.05, 3.63) is 45.3 Å². The average Bonchev–Trinajstić information content (AvgIpc) is 3.03. The summed E-state index contributed by atoms with van der Waals surface area (Å²) in [6.45, 7) is 3.86. The summed E-state index contributed by atoms with van der Waals surface area (Å²) < 4.78 is 1.11. The van der Waals surface area contributed by atoms with E-state index in [4.69, 9.17) is 0 Å². The molecule has 0 bridgehead atoms. The zero-order valence-electron chi connectivity index (χ0n) is 13.6. The largest absolute Gasteiger partial charge is 0.392 e. The molecule has 1 aromatic rings. The standard InChI is InChI=1S/C18H19NO3S2/c1-3-12(20)15-16(22)19-9(2)18(24-17(15)19)23-14-8-13(21)10-6-4-5-7-11(10)14/h4-7,12,14-15,17,20H,3,8H2,1-2H3/t12-,14?,15+,17+/m0/s1. The molecule has 1 amide bonds. The van der Waals surface area contributed by atoms with Gasteiger partial charge in [0.05, 0.1) is 16.3 Å². The second-order valence-electron chi connectivity index (χ2n) is 6.41. The molecule has 0 aromatic heterocycles. The van der Waals surface area contributed by atoms with Gasteiger partial charge in [0.25, 0.3) is 0 Å². The summed E-state index contributed by atoms with van der Waals surface area (Å²) in [4.78, 5) is 26.3. The molecule has 1 unspecified atom stereocenters. The van der Waals surface area contributed by atoms with Crippen LogP contribution in [0.1, 0.15) is 47.9 Å². The molecule has 24 heavy (non-hydrogen) atoms. The van der Waals surface area contributed by atoms with E-state index >= 15 is 0 Å². The predicted molar refractivity (Wildman–Crippen MR) is 96.4 cm³/mol. The fraction of sp³-hybridized carbons (Fsp3) is 0.444. The normalized spacial score (nSPS) is 29.6. The third kappa shape index (κ3) is 2.27. The fourth-order valence-corrected chi connectivity index (χ4v) is 6.90. The lowest BCUT2D eigenvalue weighted by atomic mass is 9.90. The van der Waals surface area contributed by atoms with E-state index in [0.717, 1.165) is 21.1 Å². The van der Waals surface area contributed by atoms with Gasteiger partial charge >= 0.3 is 0 Å². The summed E-state index contributed by atoms with van der Waals surface area (Å²) in [5.41, 5.74) is 2.89. The molecule has 0 radical (unpaired) electrons. The molecule has 126 valence electrons. The second-order valence-corrected chi connectivity index (χ2v) is 9.01. The van der Waals surface area contributed by atoms with E-state index < -0.39 is 6.10 Å². The number of amides is 1. The molecule has 1 aliphatic carbocycles. The van der Waals surface area contributed by atoms with Crippen LogP contribution in [0.3, 0.4) is 0 Å². The Morgan fingerprint density at radius 2 is 2.12 bits per heavy atom. The maximum Gasteiger partial charge on any atom is 0.236 e. The number of aliphatic hydroxyl groups excluding tert-OH is 1. The van der Waals surface area contributed by atoms with Crippen molar-refractivity contribution in [2.24, 2.45) is 5.92 Å². The van der Waals surface area contributed by atoms with Gasteiger partial charge in [-0.2, -0.15) is 0 Å². The first-order chi connectivity index (χ1) is 11.5. The molecule has 2 heterocycles. The highest BCUT2D eigenvalue weighted by Crippen LogP contribution is 2.57. The molecule has 4 rings (SSSR count). The number of allylic oxidation sites excluding steroid dienone is 1. The third-order valence-electron chi connectivity index (χ3n) is 5.03. The lowest BCUT2D eigenvalue weighted by molar-refractivity contribution is -0.153. The molecule has 1 aromatic carbocycles. The SMILES string of the molecule is CC[C@H](O)[C@@H]1C(=O)N2C(C)=C(SC3CC(=O)c4ccccc43)S[C@H]12. The lowest BCUT2D eigenvalue weighted by Gasteiger charge is -2.44. The molecule has 4 nitrogen and oxygen atoms in total. The van der Waals surface area contributed by atoms with Crippen LogP contribution in [0.5, 0.6) is 0 Å². The molecule has 1 saturated heterocycles. The number of rotatable bonds is 4. The number of aliphatic hydroxyl groups is 1. The van der Waals surface area contributed by atoms with E-state index in [1.807, 2.05) is 38.1 Å². The van der Waals surface area contributed by atoms with Gasteiger partial charge in [0.15, 0.2) is 5.78 Å². The van der Waals surface area contributed by atoms with Gasteiger partial charge in [-0.05, 0) is 18.9 Å². The van der Waals surface area contributed by atoms with Crippen LogP contribution in [0.25, 0.3) is 0 Å². The number of nitrogens with zero attached hydrogens (tertiary/aromatic N) is 1. The Morgan fingerprint density at radius 1 is 1.38 bits per heavy atom. The second kappa shape index (κ2) is 5.93. The van der Waals surface area contributed by atoms with Crippen molar-refractivity contribution in [3.63, 3.8) is 0 Å². The van der Waals surface area contributed by atoms with E-state index in [-0.39, 0.29) is 28.2 Å². The lowest BCUT2D eigenvalue weighted by Crippen LogP contribution is -2.60. The predicted octanol–water partition coefficient (Wildman–Crippen LogP) is 3.54. The van der Waals surface area contributed by atoms with Crippen molar-refractivity contribution >= 4 is 35.2 Å². The Morgan fingerprint density at radius 3 is 2.88 bits per heavy atom. The van der Waals surface area contributed by atoms with E-state index in [9.17, 15) is 14.7 Å². The molecule has 3 aliphatic rings. The smallest absolute Gasteiger partial charge is 0.236 e. The highest BCUT2D eigenvalue weighted by molar-refractivity contribution is 8.22. The van der Waals surface area contributed by atoms with Gasteiger partial charge in [0.2, 0.25) is 5.91 Å². The summed E-state index contributed by atoms with van der Waals surface area (Å²) in [6.07, 6.45) is 0.533. The zero-order valence-corrected chi connectivity index (χ0v) is 15.2. The zero-order chi connectivity index (χ0) is 17.0. The number of thioether (sulfide) groups is 2. The Hall–Kier alpha value is -1.24. The molecule has 1 fully saturated rings. The van der Waals surface area contributed by atoms with Gasteiger partial charge in [-0.25, -0.2) is 0 Å². The van der Waals surface area contributed by atoms with Crippen molar-refractivity contribution < 1.29 is 14.7 Å². The Balaban J connectivity index is 1.54. The van der Waals surface area contributed by atoms with Crippen LogP contribution in [0.2, 0.25) is 0 Å². The van der Waals surface area contributed by atoms with Crippen molar-refractivity contribution in [3.8, 4) is 0 Å². The molecule has 0 spiro atoms. The summed E-state index contributed by atoms with van der Waals surface area (Å²) in [6, 6.07) is 7.79. The molecule has 1 N–H and O–H groups in total. The summed E-state index contributed by atoms with van der Waals surface area (Å²) in [7, 11) is 0. The first kappa shape index (κ1) is 16.2. The summed E-state index contributed by atoms with van der Waals surface area (Å²) >= 11 is 3.35. The minimum Gasteiger partial charge on any atom is -0.392 e. The number of carbonyl (C=O) groups excluding carboxylic acids is 2. The number of hydrogen-bond acceptors (Lipinski definition) is 5. The maximum atomic E-state index is 12.3. The van der Waals surface area contributed by atoms with Gasteiger partial charge in [-0.15, -0.1) is 11.8 Å². The molecule has 0 saturated carbocycles. The Kier molecular flexibility index (Phi) is 4.01. The van der Waals surface area contributed by atoms with Crippen LogP contribution in [0.4, 0.5) is 0 Å². The topological polar surface area (TPSA) is 57.6 Å². The minimum atomic E-state index is -0.572. The monoisotopic (exact) mass is 361 g/mol. The summed E-state index contributed by atoms with van der Waals surface area (Å²) in [5.74, 6) is -0.0774. The highest BCUT2D eigenvalue weighted by Gasteiger charge is 2.55. The van der Waals surface area contributed by atoms with Crippen LogP contribution in [-0.4, -0.2) is 33.2 Å². The molecule has 4 atom stereocenters. The van der Waals surface area contributed by atoms with Crippen molar-refractivity contribution in [1.82, 2.24) is 4.90 Å². The highest BCUT2D eigenvalue weighted by atomic mass is 32.2. The number of hydrogen-bond donors (Lipinski definition) is 1. The molecule has 2 aliphatic heterocycles. The number of carbonyl (C=O) groups is 2. The van der Waals surface area contributed by atoms with Gasteiger partial charge in [-0.1, -0.05) is 43.0 Å². The van der Waals surface area contributed by atoms with Crippen molar-refractivity contribution in [2.45, 2.75) is 43.4 Å². The Bertz CT molecular complexity index is 760. The van der Waals surface area contributed by atoms with E-state index in [1.54, 1.807) is 28.4 Å². The van der Waals surface area contributed by atoms with Gasteiger partial charge < -0.3 is 10.0 Å². The van der Waals surface area contributed by atoms with Gasteiger partial charge in [0, 0.05) is 22.9 Å². The number of benzene rings is 1. The number of fused-ring (bicyclic) bond motifs is 2. The van der Waals surface area contributed by atoms with Gasteiger partial charge in [0.1, 0.15) is 5.37 Å². The van der Waals surface area contributed by atoms with E-state index in [0.29, 0.717) is 12.8 Å². The van der Waals surface area contributed by atoms with Gasteiger partial charge in [-0.3, -0.25) is 9.59 Å². The first-order valence-electron chi connectivity index (χ1n) is 8.20. The molecule has 6 heteroatoms. The number of Topliss-reactive ketones (excluding diaryl/α,β-unsaturated/α-hetero) is 1. The van der Waals surface area contributed by atoms with Crippen molar-refractivity contribution in [1.29, 1.82) is 0 Å². The third-order valence-corrected chi connectivity index (χ3v) is 8.08. The van der Waals surface area contributed by atoms with Crippen LogP contribution in [0.15, 0.2) is 34.2 Å². The van der Waals surface area contributed by atoms with Crippen LogP contribution < -0.4 is 0 Å². The number of β-lactam (4-membered cyclic amide) rings is 1. The summed E-state index contributed by atoms with van der Waals surface area (Å²) in [5, 5.41) is 10.2. The molecular weight excluding hydrogens is 342 g/mol. The van der Waals surface area contributed by atoms with Crippen LogP contribution in [-0.2, 0) is 4.79 Å². The quantitative estimate of drug-likeness (QED) is 0.832. The minimum absolute atomic E-state index is 0.0160. The average molecular weight is 361 g/mol. The molecular formula is C18H19NO3S2. The fourth-order valence-electron chi connectivity index (χ4n) is 3.64. The number of ketones is 1. The van der Waals surface area contributed by atoms with Crippen LogP contribution in [0, 0.1) is 5.92 Å². The first-order valence-corrected chi connectivity index (χ1v) is 9.96. The van der Waals surface area contributed by atoms with E-state index in [2.05, 4.69) is 0 Å². The van der Waals surface area contributed by atoms with Crippen molar-refractivity contribution in [2.75, 3.05) is 0 Å².